The summed E-state index contributed by atoms with van der Waals surface area (Å²) in [4.78, 5) is 25.3. The van der Waals surface area contributed by atoms with Crippen molar-refractivity contribution in [2.24, 2.45) is 14.1 Å². The van der Waals surface area contributed by atoms with Gasteiger partial charge in [-0.25, -0.2) is 9.36 Å². The molecule has 6 nitrogen and oxygen atoms in total. The van der Waals surface area contributed by atoms with Crippen LogP contribution in [0.15, 0.2) is 34.4 Å². The molecule has 0 aliphatic heterocycles. The van der Waals surface area contributed by atoms with Gasteiger partial charge in [0, 0.05) is 7.05 Å². The predicted molar refractivity (Wildman–Crippen MR) is 52.8 cm³/mol. The molecule has 7 heteroatoms. The van der Waals surface area contributed by atoms with E-state index in [1.165, 1.54) is 13.1 Å². The summed E-state index contributed by atoms with van der Waals surface area (Å²) in [5.41, 5.74) is -0.751. The number of aryl methyl sites for hydroxylation is 1. The van der Waals surface area contributed by atoms with Crippen LogP contribution in [0.3, 0.4) is 0 Å². The van der Waals surface area contributed by atoms with E-state index in [2.05, 4.69) is 4.98 Å². The minimum absolute atomic E-state index is 0. The number of nitrogens with zero attached hydrogens (tertiary/aromatic N) is 3. The zero-order valence-electron chi connectivity index (χ0n) is 8.85. The van der Waals surface area contributed by atoms with Crippen molar-refractivity contribution >= 4 is 0 Å². The first-order chi connectivity index (χ1) is 7.08. The van der Waals surface area contributed by atoms with Gasteiger partial charge in [0.2, 0.25) is 12.1 Å². The second-order valence-electron chi connectivity index (χ2n) is 3.34. The van der Waals surface area contributed by atoms with Crippen LogP contribution >= 0.6 is 0 Å². The summed E-state index contributed by atoms with van der Waals surface area (Å²) >= 11 is 0. The number of H-pyrrole nitrogens is 1. The number of imidazole rings is 1. The smallest absolute Gasteiger partial charge is 0.331 e. The van der Waals surface area contributed by atoms with E-state index in [-0.39, 0.29) is 18.0 Å². The molecule has 86 valence electrons. The van der Waals surface area contributed by atoms with E-state index in [1.54, 1.807) is 17.1 Å². The Morgan fingerprint density at radius 1 is 1.38 bits per heavy atom. The van der Waals surface area contributed by atoms with E-state index in [0.29, 0.717) is 5.82 Å². The van der Waals surface area contributed by atoms with Gasteiger partial charge < -0.3 is 12.4 Å². The van der Waals surface area contributed by atoms with Gasteiger partial charge in [0.1, 0.15) is 12.4 Å². The first-order valence-corrected chi connectivity index (χ1v) is 4.42. The molecule has 0 aliphatic carbocycles. The van der Waals surface area contributed by atoms with Gasteiger partial charge in [-0.3, -0.25) is 14.3 Å². The Morgan fingerprint density at radius 2 is 2.06 bits per heavy atom. The number of halogens is 1. The van der Waals surface area contributed by atoms with Gasteiger partial charge in [-0.15, -0.1) is 0 Å². The molecule has 0 aromatic carbocycles. The molecule has 1 N–H and O–H groups in total. The maximum Gasteiger partial charge on any atom is 0.331 e. The van der Waals surface area contributed by atoms with Crippen LogP contribution < -0.4 is 28.2 Å². The van der Waals surface area contributed by atoms with Crippen molar-refractivity contribution in [2.75, 3.05) is 0 Å². The van der Waals surface area contributed by atoms with Crippen LogP contribution in [0.4, 0.5) is 0 Å². The second-order valence-corrected chi connectivity index (χ2v) is 3.34. The molecular formula is C9H11ClN4O2. The molecule has 0 aliphatic rings. The van der Waals surface area contributed by atoms with E-state index in [9.17, 15) is 9.59 Å². The van der Waals surface area contributed by atoms with Crippen molar-refractivity contribution in [1.29, 1.82) is 0 Å². The van der Waals surface area contributed by atoms with Crippen LogP contribution in [0.5, 0.6) is 0 Å². The van der Waals surface area contributed by atoms with E-state index in [4.69, 9.17) is 0 Å². The third kappa shape index (κ3) is 2.06. The molecule has 2 heterocycles. The Kier molecular flexibility index (Phi) is 3.34. The average molecular weight is 243 g/mol. The molecule has 0 fully saturated rings. The standard InChI is InChI=1S/C9H10N4O2.ClH/c1-11-3-4-13(6-11)7-5-8(14)12(2)9(15)10-7;/h3-6H,1-2H3;1H. The molecule has 16 heavy (non-hydrogen) atoms. The summed E-state index contributed by atoms with van der Waals surface area (Å²) in [7, 11) is 3.29. The molecule has 2 aromatic rings. The zero-order valence-corrected chi connectivity index (χ0v) is 9.60. The molecule has 0 saturated carbocycles. The molecule has 0 amide bonds. The maximum atomic E-state index is 11.4. The number of hydrogen-bond donors (Lipinski definition) is 1. The van der Waals surface area contributed by atoms with Crippen LogP contribution in [0.2, 0.25) is 0 Å². The third-order valence-electron chi connectivity index (χ3n) is 2.18. The molecule has 2 aromatic heterocycles. The van der Waals surface area contributed by atoms with Crippen molar-refractivity contribution in [2.45, 2.75) is 0 Å². The molecule has 0 radical (unpaired) electrons. The first-order valence-electron chi connectivity index (χ1n) is 4.42. The first kappa shape index (κ1) is 12.3. The molecule has 2 rings (SSSR count). The fraction of sp³-hybridized carbons (Fsp3) is 0.222. The summed E-state index contributed by atoms with van der Waals surface area (Å²) in [5.74, 6) is 0.462. The molecule has 0 unspecified atom stereocenters. The lowest BCUT2D eigenvalue weighted by Crippen LogP contribution is -3.00. The Morgan fingerprint density at radius 3 is 2.56 bits per heavy atom. The van der Waals surface area contributed by atoms with Crippen molar-refractivity contribution in [3.05, 3.63) is 45.6 Å². The van der Waals surface area contributed by atoms with Crippen molar-refractivity contribution < 1.29 is 17.0 Å². The minimum atomic E-state index is -0.422. The van der Waals surface area contributed by atoms with Crippen LogP contribution in [-0.4, -0.2) is 14.1 Å². The molecule has 0 spiro atoms. The number of aromatic nitrogens is 4. The second kappa shape index (κ2) is 4.36. The molecule has 0 atom stereocenters. The van der Waals surface area contributed by atoms with Crippen LogP contribution in [-0.2, 0) is 14.1 Å². The van der Waals surface area contributed by atoms with Gasteiger partial charge in [0.05, 0.1) is 13.1 Å². The van der Waals surface area contributed by atoms with E-state index in [0.717, 1.165) is 4.57 Å². The summed E-state index contributed by atoms with van der Waals surface area (Å²) in [6.07, 6.45) is 5.32. The quantitative estimate of drug-likeness (QED) is 0.515. The Bertz CT molecular complexity index is 579. The largest absolute Gasteiger partial charge is 1.00 e. The third-order valence-corrected chi connectivity index (χ3v) is 2.18. The fourth-order valence-corrected chi connectivity index (χ4v) is 1.28. The molecular weight excluding hydrogens is 232 g/mol. The maximum absolute atomic E-state index is 11.4. The number of aromatic amines is 1. The van der Waals surface area contributed by atoms with Crippen LogP contribution in [0.25, 0.3) is 5.82 Å². The lowest BCUT2D eigenvalue weighted by molar-refractivity contribution is -0.670. The van der Waals surface area contributed by atoms with Crippen molar-refractivity contribution in [1.82, 2.24) is 14.1 Å². The molecule has 0 saturated heterocycles. The highest BCUT2D eigenvalue weighted by molar-refractivity contribution is 5.18. The zero-order chi connectivity index (χ0) is 11.0. The highest BCUT2D eigenvalue weighted by atomic mass is 35.5. The van der Waals surface area contributed by atoms with E-state index < -0.39 is 5.69 Å². The lowest BCUT2D eigenvalue weighted by Gasteiger charge is -1.97. The SMILES string of the molecule is Cn1c(=O)cc(-n2cc[n+](C)c2)[nH]c1=O.[Cl-]. The monoisotopic (exact) mass is 242 g/mol. The average Bonchev–Trinajstić information content (AvgIpc) is 2.60. The predicted octanol–water partition coefficient (Wildman–Crippen LogP) is -4.31. The number of nitrogens with one attached hydrogen (secondary N) is 1. The summed E-state index contributed by atoms with van der Waals surface area (Å²) in [6, 6.07) is 1.38. The normalized spacial score (nSPS) is 9.88. The van der Waals surface area contributed by atoms with Crippen LogP contribution in [0.1, 0.15) is 0 Å². The number of hydrogen-bond acceptors (Lipinski definition) is 2. The van der Waals surface area contributed by atoms with Gasteiger partial charge in [-0.05, 0) is 0 Å². The highest BCUT2D eigenvalue weighted by Gasteiger charge is 2.07. The van der Waals surface area contributed by atoms with E-state index >= 15 is 0 Å². The van der Waals surface area contributed by atoms with E-state index in [1.807, 2.05) is 17.8 Å². The van der Waals surface area contributed by atoms with Gasteiger partial charge in [0.15, 0.2) is 0 Å². The lowest BCUT2D eigenvalue weighted by atomic mass is 10.5. The van der Waals surface area contributed by atoms with Gasteiger partial charge in [-0.1, -0.05) is 0 Å². The van der Waals surface area contributed by atoms with Gasteiger partial charge >= 0.3 is 5.69 Å². The van der Waals surface area contributed by atoms with Crippen molar-refractivity contribution in [3.8, 4) is 5.82 Å². The Balaban J connectivity index is 0.00000128. The van der Waals surface area contributed by atoms with Gasteiger partial charge in [0.25, 0.3) is 5.56 Å². The summed E-state index contributed by atoms with van der Waals surface area (Å²) < 4.78 is 4.51. The summed E-state index contributed by atoms with van der Waals surface area (Å²) in [5, 5.41) is 0. The Hall–Kier alpha value is -1.82. The highest BCUT2D eigenvalue weighted by Crippen LogP contribution is 1.94. The van der Waals surface area contributed by atoms with Crippen LogP contribution in [0, 0.1) is 0 Å². The summed E-state index contributed by atoms with van der Waals surface area (Å²) in [6.45, 7) is 0. The Labute approximate surface area is 97.2 Å². The van der Waals surface area contributed by atoms with Gasteiger partial charge in [-0.2, -0.15) is 4.57 Å². The number of rotatable bonds is 1. The fourth-order valence-electron chi connectivity index (χ4n) is 1.28. The molecule has 0 bridgehead atoms. The van der Waals surface area contributed by atoms with Crippen molar-refractivity contribution in [3.63, 3.8) is 0 Å². The minimum Gasteiger partial charge on any atom is -1.00 e. The topological polar surface area (TPSA) is 63.7 Å².